The molecule has 1 aromatic carbocycles. The molecule has 0 spiro atoms. The predicted molar refractivity (Wildman–Crippen MR) is 93.0 cm³/mol. The van der Waals surface area contributed by atoms with E-state index in [1.54, 1.807) is 0 Å². The Bertz CT molecular complexity index is 837. The number of aromatic nitrogens is 2. The van der Waals surface area contributed by atoms with Crippen LogP contribution in [-0.4, -0.2) is 21.6 Å². The molecule has 0 amide bonds. The number of rotatable bonds is 4. The Labute approximate surface area is 145 Å². The zero-order valence-corrected chi connectivity index (χ0v) is 14.2. The van der Waals surface area contributed by atoms with E-state index in [0.717, 1.165) is 24.7 Å². The SMILES string of the molecule is c1ccc(C2c3ccsc3CCN2Cc2nc(C3CC3)no2)cc1. The van der Waals surface area contributed by atoms with E-state index in [1.807, 2.05) is 11.3 Å². The lowest BCUT2D eigenvalue weighted by Gasteiger charge is -2.35. The van der Waals surface area contributed by atoms with Crippen molar-refractivity contribution in [2.45, 2.75) is 37.8 Å². The number of fused-ring (bicyclic) bond motifs is 1. The van der Waals surface area contributed by atoms with Crippen LogP contribution in [-0.2, 0) is 13.0 Å². The van der Waals surface area contributed by atoms with Crippen molar-refractivity contribution < 1.29 is 4.52 Å². The summed E-state index contributed by atoms with van der Waals surface area (Å²) in [5.74, 6) is 2.18. The molecule has 0 radical (unpaired) electrons. The lowest BCUT2D eigenvalue weighted by atomic mass is 9.93. The normalized spacial score (nSPS) is 20.9. The van der Waals surface area contributed by atoms with E-state index in [9.17, 15) is 0 Å². The molecule has 5 heteroatoms. The van der Waals surface area contributed by atoms with Gasteiger partial charge in [-0.15, -0.1) is 11.3 Å². The van der Waals surface area contributed by atoms with Gasteiger partial charge in [0, 0.05) is 17.3 Å². The third kappa shape index (κ3) is 2.58. The lowest BCUT2D eigenvalue weighted by molar-refractivity contribution is 0.179. The first-order valence-corrected chi connectivity index (χ1v) is 9.44. The first kappa shape index (κ1) is 14.4. The van der Waals surface area contributed by atoms with Gasteiger partial charge in [0.2, 0.25) is 5.89 Å². The van der Waals surface area contributed by atoms with Crippen LogP contribution in [0.1, 0.15) is 52.5 Å². The first-order chi connectivity index (χ1) is 11.9. The van der Waals surface area contributed by atoms with Gasteiger partial charge in [0.15, 0.2) is 5.82 Å². The zero-order valence-electron chi connectivity index (χ0n) is 13.4. The number of nitrogens with zero attached hydrogens (tertiary/aromatic N) is 3. The summed E-state index contributed by atoms with van der Waals surface area (Å²) in [6, 6.07) is 13.3. The van der Waals surface area contributed by atoms with E-state index in [-0.39, 0.29) is 6.04 Å². The molecule has 0 N–H and O–H groups in total. The van der Waals surface area contributed by atoms with Gasteiger partial charge < -0.3 is 4.52 Å². The third-order valence-corrected chi connectivity index (χ3v) is 5.94. The molecule has 2 aromatic heterocycles. The second-order valence-corrected chi connectivity index (χ2v) is 7.65. The van der Waals surface area contributed by atoms with Gasteiger partial charge in [-0.1, -0.05) is 35.5 Å². The molecule has 1 unspecified atom stereocenters. The summed E-state index contributed by atoms with van der Waals surface area (Å²) in [5, 5.41) is 6.38. The molecule has 2 aliphatic rings. The Kier molecular flexibility index (Phi) is 3.49. The highest BCUT2D eigenvalue weighted by Crippen LogP contribution is 2.40. The number of thiophene rings is 1. The molecule has 0 saturated heterocycles. The third-order valence-electron chi connectivity index (χ3n) is 4.95. The molecule has 5 rings (SSSR count). The van der Waals surface area contributed by atoms with Gasteiger partial charge in [-0.05, 0) is 41.8 Å². The standard InChI is InChI=1S/C19H19N3OS/c1-2-4-13(5-3-1)18-15-9-11-24-16(15)8-10-22(18)12-17-20-19(21-23-17)14-6-7-14/h1-5,9,11,14,18H,6-8,10,12H2. The first-order valence-electron chi connectivity index (χ1n) is 8.56. The number of hydrogen-bond acceptors (Lipinski definition) is 5. The van der Waals surface area contributed by atoms with Crippen LogP contribution in [0.15, 0.2) is 46.3 Å². The van der Waals surface area contributed by atoms with Crippen LogP contribution in [0.4, 0.5) is 0 Å². The molecule has 1 aliphatic carbocycles. The molecule has 0 bridgehead atoms. The maximum atomic E-state index is 5.52. The molecule has 3 aromatic rings. The fourth-order valence-corrected chi connectivity index (χ4v) is 4.48. The fraction of sp³-hybridized carbons (Fsp3) is 0.368. The molecule has 1 atom stereocenters. The van der Waals surface area contributed by atoms with Gasteiger partial charge in [-0.2, -0.15) is 4.98 Å². The number of benzene rings is 1. The quantitative estimate of drug-likeness (QED) is 0.717. The van der Waals surface area contributed by atoms with Crippen LogP contribution < -0.4 is 0 Å². The van der Waals surface area contributed by atoms with E-state index >= 15 is 0 Å². The molecular weight excluding hydrogens is 318 g/mol. The van der Waals surface area contributed by atoms with Crippen molar-refractivity contribution in [1.29, 1.82) is 0 Å². The molecule has 4 nitrogen and oxygen atoms in total. The van der Waals surface area contributed by atoms with Crippen LogP contribution in [0.3, 0.4) is 0 Å². The Balaban J connectivity index is 1.47. The average molecular weight is 337 g/mol. The van der Waals surface area contributed by atoms with Crippen LogP contribution in [0, 0.1) is 0 Å². The minimum absolute atomic E-state index is 0.275. The lowest BCUT2D eigenvalue weighted by Crippen LogP contribution is -2.35. The molecule has 1 aliphatic heterocycles. The van der Waals surface area contributed by atoms with Crippen molar-refractivity contribution in [3.63, 3.8) is 0 Å². The summed E-state index contributed by atoms with van der Waals surface area (Å²) in [7, 11) is 0. The Morgan fingerprint density at radius 2 is 2.04 bits per heavy atom. The summed E-state index contributed by atoms with van der Waals surface area (Å²) >= 11 is 1.87. The van der Waals surface area contributed by atoms with Crippen LogP contribution in [0.2, 0.25) is 0 Å². The summed E-state index contributed by atoms with van der Waals surface area (Å²) in [5.41, 5.74) is 2.76. The largest absolute Gasteiger partial charge is 0.338 e. The van der Waals surface area contributed by atoms with E-state index in [4.69, 9.17) is 4.52 Å². The minimum atomic E-state index is 0.275. The van der Waals surface area contributed by atoms with Crippen molar-refractivity contribution >= 4 is 11.3 Å². The van der Waals surface area contributed by atoms with Crippen molar-refractivity contribution in [1.82, 2.24) is 15.0 Å². The van der Waals surface area contributed by atoms with Crippen molar-refractivity contribution in [3.05, 3.63) is 69.5 Å². The number of hydrogen-bond donors (Lipinski definition) is 0. The summed E-state index contributed by atoms with van der Waals surface area (Å²) < 4.78 is 5.52. The molecular formula is C19H19N3OS. The maximum absolute atomic E-state index is 5.52. The van der Waals surface area contributed by atoms with Crippen LogP contribution in [0.25, 0.3) is 0 Å². The van der Waals surface area contributed by atoms with Gasteiger partial charge in [0.25, 0.3) is 0 Å². The summed E-state index contributed by atoms with van der Waals surface area (Å²) in [4.78, 5) is 8.59. The summed E-state index contributed by atoms with van der Waals surface area (Å²) in [6.45, 7) is 1.74. The van der Waals surface area contributed by atoms with E-state index in [1.165, 1.54) is 28.8 Å². The van der Waals surface area contributed by atoms with Crippen LogP contribution >= 0.6 is 11.3 Å². The smallest absolute Gasteiger partial charge is 0.240 e. The Morgan fingerprint density at radius 3 is 2.88 bits per heavy atom. The second-order valence-electron chi connectivity index (χ2n) is 6.65. The predicted octanol–water partition coefficient (Wildman–Crippen LogP) is 4.16. The monoisotopic (exact) mass is 337 g/mol. The minimum Gasteiger partial charge on any atom is -0.338 e. The van der Waals surface area contributed by atoms with E-state index in [2.05, 4.69) is 56.8 Å². The highest BCUT2D eigenvalue weighted by molar-refractivity contribution is 7.10. The van der Waals surface area contributed by atoms with Crippen LogP contribution in [0.5, 0.6) is 0 Å². The van der Waals surface area contributed by atoms with Gasteiger partial charge >= 0.3 is 0 Å². The highest BCUT2D eigenvalue weighted by Gasteiger charge is 2.32. The van der Waals surface area contributed by atoms with Crippen molar-refractivity contribution in [2.75, 3.05) is 6.54 Å². The molecule has 1 fully saturated rings. The molecule has 3 heterocycles. The maximum Gasteiger partial charge on any atom is 0.240 e. The zero-order chi connectivity index (χ0) is 15.9. The topological polar surface area (TPSA) is 42.2 Å². The van der Waals surface area contributed by atoms with Gasteiger partial charge in [-0.3, -0.25) is 4.90 Å². The van der Waals surface area contributed by atoms with Gasteiger partial charge in [-0.25, -0.2) is 0 Å². The molecule has 122 valence electrons. The van der Waals surface area contributed by atoms with Crippen molar-refractivity contribution in [3.8, 4) is 0 Å². The highest BCUT2D eigenvalue weighted by atomic mass is 32.1. The molecule has 1 saturated carbocycles. The fourth-order valence-electron chi connectivity index (χ4n) is 3.58. The average Bonchev–Trinajstić information content (AvgIpc) is 3.17. The van der Waals surface area contributed by atoms with Gasteiger partial charge in [0.1, 0.15) is 0 Å². The van der Waals surface area contributed by atoms with E-state index in [0.29, 0.717) is 12.5 Å². The summed E-state index contributed by atoms with van der Waals surface area (Å²) in [6.07, 6.45) is 3.50. The second kappa shape index (κ2) is 5.83. The van der Waals surface area contributed by atoms with Crippen molar-refractivity contribution in [2.24, 2.45) is 0 Å². The van der Waals surface area contributed by atoms with E-state index < -0.39 is 0 Å². The molecule has 24 heavy (non-hydrogen) atoms. The Morgan fingerprint density at radius 1 is 1.17 bits per heavy atom. The Hall–Kier alpha value is -1.98. The van der Waals surface area contributed by atoms with Gasteiger partial charge in [0.05, 0.1) is 12.6 Å².